The molecule has 2 aromatic carbocycles. The maximum absolute atomic E-state index is 12.1. The van der Waals surface area contributed by atoms with Gasteiger partial charge in [0.05, 0.1) is 10.0 Å². The van der Waals surface area contributed by atoms with Crippen molar-refractivity contribution in [2.45, 2.75) is 13.8 Å². The van der Waals surface area contributed by atoms with Crippen molar-refractivity contribution in [2.75, 3.05) is 0 Å². The summed E-state index contributed by atoms with van der Waals surface area (Å²) < 4.78 is 6.00. The van der Waals surface area contributed by atoms with Crippen molar-refractivity contribution in [3.63, 3.8) is 0 Å². The van der Waals surface area contributed by atoms with Crippen molar-refractivity contribution in [3.05, 3.63) is 62.6 Å². The third-order valence-electron chi connectivity index (χ3n) is 2.55. The van der Waals surface area contributed by atoms with E-state index in [-0.39, 0.29) is 5.97 Å². The third-order valence-corrected chi connectivity index (χ3v) is 3.41. The molecule has 2 rings (SSSR count). The van der Waals surface area contributed by atoms with Crippen LogP contribution in [-0.4, -0.2) is 5.97 Å². The van der Waals surface area contributed by atoms with Gasteiger partial charge in [0, 0.05) is 5.02 Å². The molecule has 0 saturated heterocycles. The van der Waals surface area contributed by atoms with Gasteiger partial charge in [-0.15, -0.1) is 0 Å². The summed E-state index contributed by atoms with van der Waals surface area (Å²) in [6.45, 7) is 3.89. The van der Waals surface area contributed by atoms with E-state index in [1.165, 1.54) is 0 Å². The molecule has 98 valence electrons. The Bertz CT molecular complexity index is 618. The van der Waals surface area contributed by atoms with Crippen LogP contribution in [0.4, 0.5) is 0 Å². The Balaban J connectivity index is 2.25. The zero-order chi connectivity index (χ0) is 14.0. The molecule has 0 aromatic heterocycles. The molecule has 19 heavy (non-hydrogen) atoms. The van der Waals surface area contributed by atoms with Gasteiger partial charge >= 0.3 is 5.97 Å². The van der Waals surface area contributed by atoms with E-state index >= 15 is 0 Å². The molecule has 0 aliphatic heterocycles. The monoisotopic (exact) mass is 338 g/mol. The number of halogens is 2. The average molecular weight is 340 g/mol. The van der Waals surface area contributed by atoms with E-state index in [9.17, 15) is 4.79 Å². The number of ether oxygens (including phenoxy) is 1. The minimum Gasteiger partial charge on any atom is -0.422 e. The fourth-order valence-corrected chi connectivity index (χ4v) is 2.57. The summed E-state index contributed by atoms with van der Waals surface area (Å²) in [6, 6.07) is 10.6. The molecule has 2 aromatic rings. The predicted molar refractivity (Wildman–Crippen MR) is 80.0 cm³/mol. The average Bonchev–Trinajstić information content (AvgIpc) is 2.31. The molecule has 0 saturated carbocycles. The van der Waals surface area contributed by atoms with Gasteiger partial charge in [0.1, 0.15) is 5.75 Å². The lowest BCUT2D eigenvalue weighted by molar-refractivity contribution is 0.0733. The highest BCUT2D eigenvalue weighted by atomic mass is 79.9. The second kappa shape index (κ2) is 5.76. The second-order valence-corrected chi connectivity index (χ2v) is 5.63. The Labute approximate surface area is 125 Å². The minimum absolute atomic E-state index is 0.380. The van der Waals surface area contributed by atoms with Crippen LogP contribution in [0.3, 0.4) is 0 Å². The quantitative estimate of drug-likeness (QED) is 0.572. The third kappa shape index (κ3) is 3.58. The van der Waals surface area contributed by atoms with Gasteiger partial charge < -0.3 is 4.74 Å². The summed E-state index contributed by atoms with van der Waals surface area (Å²) in [6.07, 6.45) is 0. The summed E-state index contributed by atoms with van der Waals surface area (Å²) in [5.74, 6) is 0.0726. The van der Waals surface area contributed by atoms with E-state index in [1.54, 1.807) is 30.3 Å². The number of carbonyl (C=O) groups excluding carboxylic acids is 1. The first-order chi connectivity index (χ1) is 8.95. The van der Waals surface area contributed by atoms with Gasteiger partial charge in [-0.05, 0) is 60.1 Å². The molecule has 0 heterocycles. The predicted octanol–water partition coefficient (Wildman–Crippen LogP) is 4.94. The van der Waals surface area contributed by atoms with Crippen LogP contribution in [0.2, 0.25) is 5.02 Å². The first kappa shape index (κ1) is 14.1. The number of rotatable bonds is 2. The van der Waals surface area contributed by atoms with Gasteiger partial charge in [-0.2, -0.15) is 0 Å². The number of hydrogen-bond donors (Lipinski definition) is 0. The largest absolute Gasteiger partial charge is 0.422 e. The van der Waals surface area contributed by atoms with E-state index in [0.29, 0.717) is 20.8 Å². The topological polar surface area (TPSA) is 26.3 Å². The Morgan fingerprint density at radius 3 is 2.32 bits per heavy atom. The summed E-state index contributed by atoms with van der Waals surface area (Å²) >= 11 is 9.16. The molecule has 0 atom stereocenters. The summed E-state index contributed by atoms with van der Waals surface area (Å²) in [5.41, 5.74) is 2.60. The van der Waals surface area contributed by atoms with E-state index < -0.39 is 0 Å². The highest BCUT2D eigenvalue weighted by molar-refractivity contribution is 9.10. The lowest BCUT2D eigenvalue weighted by Gasteiger charge is -2.08. The van der Waals surface area contributed by atoms with Gasteiger partial charge in [0.2, 0.25) is 0 Å². The van der Waals surface area contributed by atoms with Gasteiger partial charge in [-0.3, -0.25) is 0 Å². The molecule has 0 unspecified atom stereocenters. The molecule has 0 aliphatic carbocycles. The number of benzene rings is 2. The first-order valence-corrected chi connectivity index (χ1v) is 6.88. The van der Waals surface area contributed by atoms with Gasteiger partial charge in [0.15, 0.2) is 0 Å². The number of hydrogen-bond acceptors (Lipinski definition) is 2. The zero-order valence-corrected chi connectivity index (χ0v) is 12.9. The smallest absolute Gasteiger partial charge is 0.343 e. The molecule has 2 nitrogen and oxygen atoms in total. The van der Waals surface area contributed by atoms with Crippen LogP contribution in [0.5, 0.6) is 5.75 Å². The molecular weight excluding hydrogens is 328 g/mol. The Morgan fingerprint density at radius 1 is 1.11 bits per heavy atom. The fourth-order valence-electron chi connectivity index (χ4n) is 1.81. The van der Waals surface area contributed by atoms with Crippen LogP contribution < -0.4 is 4.74 Å². The normalized spacial score (nSPS) is 10.3. The molecule has 0 bridgehead atoms. The van der Waals surface area contributed by atoms with Gasteiger partial charge in [-0.1, -0.05) is 28.8 Å². The minimum atomic E-state index is -0.380. The van der Waals surface area contributed by atoms with Crippen LogP contribution in [-0.2, 0) is 0 Å². The van der Waals surface area contributed by atoms with Crippen molar-refractivity contribution in [1.29, 1.82) is 0 Å². The van der Waals surface area contributed by atoms with Crippen LogP contribution >= 0.6 is 27.5 Å². The lowest BCUT2D eigenvalue weighted by atomic mass is 10.1. The Kier molecular flexibility index (Phi) is 4.27. The lowest BCUT2D eigenvalue weighted by Crippen LogP contribution is -2.09. The molecule has 0 N–H and O–H groups in total. The highest BCUT2D eigenvalue weighted by Crippen LogP contribution is 2.28. The van der Waals surface area contributed by atoms with E-state index in [1.807, 2.05) is 19.9 Å². The molecule has 0 amide bonds. The van der Waals surface area contributed by atoms with Gasteiger partial charge in [-0.25, -0.2) is 4.79 Å². The summed E-state index contributed by atoms with van der Waals surface area (Å²) in [7, 11) is 0. The molecular formula is C15H12BrClO2. The van der Waals surface area contributed by atoms with E-state index in [2.05, 4.69) is 15.9 Å². The Hall–Kier alpha value is -1.32. The van der Waals surface area contributed by atoms with Crippen LogP contribution in [0, 0.1) is 13.8 Å². The zero-order valence-electron chi connectivity index (χ0n) is 10.5. The molecule has 4 heteroatoms. The molecule has 0 fully saturated rings. The van der Waals surface area contributed by atoms with Crippen LogP contribution in [0.15, 0.2) is 40.9 Å². The number of esters is 1. The van der Waals surface area contributed by atoms with Crippen molar-refractivity contribution >= 4 is 33.5 Å². The SMILES string of the molecule is Cc1cc(C)cc(C(=O)Oc2ccc(Cl)cc2Br)c1. The maximum Gasteiger partial charge on any atom is 0.343 e. The molecule has 0 aliphatic rings. The summed E-state index contributed by atoms with van der Waals surface area (Å²) in [5, 5.41) is 0.582. The standard InChI is InChI=1S/C15H12BrClO2/c1-9-5-10(2)7-11(6-9)15(18)19-14-4-3-12(17)8-13(14)16/h3-8H,1-2H3. The molecule has 0 radical (unpaired) electrons. The fraction of sp³-hybridized carbons (Fsp3) is 0.133. The van der Waals surface area contributed by atoms with Crippen molar-refractivity contribution in [3.8, 4) is 5.75 Å². The molecule has 0 spiro atoms. The van der Waals surface area contributed by atoms with Gasteiger partial charge in [0.25, 0.3) is 0 Å². The van der Waals surface area contributed by atoms with Crippen LogP contribution in [0.25, 0.3) is 0 Å². The number of aryl methyl sites for hydroxylation is 2. The summed E-state index contributed by atoms with van der Waals surface area (Å²) in [4.78, 5) is 12.1. The van der Waals surface area contributed by atoms with Crippen molar-refractivity contribution in [1.82, 2.24) is 0 Å². The number of carbonyl (C=O) groups is 1. The van der Waals surface area contributed by atoms with Crippen molar-refractivity contribution < 1.29 is 9.53 Å². The van der Waals surface area contributed by atoms with Crippen molar-refractivity contribution in [2.24, 2.45) is 0 Å². The Morgan fingerprint density at radius 2 is 1.74 bits per heavy atom. The second-order valence-electron chi connectivity index (χ2n) is 4.34. The van der Waals surface area contributed by atoms with Crippen LogP contribution in [0.1, 0.15) is 21.5 Å². The highest BCUT2D eigenvalue weighted by Gasteiger charge is 2.12. The first-order valence-electron chi connectivity index (χ1n) is 5.71. The van der Waals surface area contributed by atoms with E-state index in [0.717, 1.165) is 11.1 Å². The van der Waals surface area contributed by atoms with E-state index in [4.69, 9.17) is 16.3 Å². The maximum atomic E-state index is 12.1.